The van der Waals surface area contributed by atoms with Gasteiger partial charge in [-0.25, -0.2) is 18.0 Å². The third kappa shape index (κ3) is 6.51. The fourth-order valence-corrected chi connectivity index (χ4v) is 6.16. The van der Waals surface area contributed by atoms with Gasteiger partial charge in [-0.2, -0.15) is 17.4 Å². The van der Waals surface area contributed by atoms with Crippen molar-refractivity contribution < 1.29 is 31.1 Å². The first-order valence-corrected chi connectivity index (χ1v) is 13.9. The number of carbonyl (C=O) groups excluding carboxylic acids is 1. The lowest BCUT2D eigenvalue weighted by molar-refractivity contribution is -0.115. The van der Waals surface area contributed by atoms with Gasteiger partial charge < -0.3 is 14.5 Å². The molecule has 2 atom stereocenters. The zero-order chi connectivity index (χ0) is 26.1. The first-order chi connectivity index (χ1) is 16.9. The number of amides is 2. The Balaban J connectivity index is 1.35. The fraction of sp³-hybridized carbons (Fsp3) is 0.708. The van der Waals surface area contributed by atoms with E-state index in [-0.39, 0.29) is 43.5 Å². The Kier molecular flexibility index (Phi) is 8.18. The standard InChI is InChI=1S/C24H35F3N4O4S/c1-29(2)36(33,34)28-22-10-11-30(23(32)31-15-24(26,27)16-31)13-19(22)14-35-21-8-6-17(7-9-21)18-4-3-5-20(25)12-18/h3-5,12,17,19,21-22,28H,6-11,13-16H2,1-2H3/t17?,19?,21?,22-/m0/s1. The van der Waals surface area contributed by atoms with Crippen LogP contribution in [0.25, 0.3) is 0 Å². The molecule has 1 saturated carbocycles. The van der Waals surface area contributed by atoms with E-state index in [1.165, 1.54) is 25.1 Å². The summed E-state index contributed by atoms with van der Waals surface area (Å²) in [6.07, 6.45) is 3.68. The van der Waals surface area contributed by atoms with Crippen molar-refractivity contribution in [3.8, 4) is 0 Å². The van der Waals surface area contributed by atoms with Gasteiger partial charge in [0.2, 0.25) is 0 Å². The van der Waals surface area contributed by atoms with Crippen molar-refractivity contribution in [3.05, 3.63) is 35.6 Å². The molecule has 3 fully saturated rings. The SMILES string of the molecule is CN(C)S(=O)(=O)N[C@H]1CCN(C(=O)N2CC(F)(F)C2)CC1COC1CCC(c2cccc(F)c2)CC1. The average molecular weight is 533 g/mol. The number of carbonyl (C=O) groups is 1. The summed E-state index contributed by atoms with van der Waals surface area (Å²) in [6, 6.07) is 5.79. The van der Waals surface area contributed by atoms with Gasteiger partial charge in [-0.1, -0.05) is 12.1 Å². The lowest BCUT2D eigenvalue weighted by Crippen LogP contribution is -2.64. The van der Waals surface area contributed by atoms with Crippen LogP contribution in [-0.2, 0) is 14.9 Å². The first kappa shape index (κ1) is 27.2. The molecule has 4 rings (SSSR count). The van der Waals surface area contributed by atoms with E-state index in [0.29, 0.717) is 6.42 Å². The van der Waals surface area contributed by atoms with E-state index < -0.39 is 41.3 Å². The summed E-state index contributed by atoms with van der Waals surface area (Å²) in [5, 5.41) is 0. The van der Waals surface area contributed by atoms with Gasteiger partial charge in [0.1, 0.15) is 5.82 Å². The molecule has 1 aromatic carbocycles. The Morgan fingerprint density at radius 1 is 1.14 bits per heavy atom. The monoisotopic (exact) mass is 532 g/mol. The van der Waals surface area contributed by atoms with Gasteiger partial charge in [0, 0.05) is 39.1 Å². The van der Waals surface area contributed by atoms with Crippen molar-refractivity contribution >= 4 is 16.2 Å². The van der Waals surface area contributed by atoms with Crippen LogP contribution < -0.4 is 4.72 Å². The largest absolute Gasteiger partial charge is 0.378 e. The number of hydrogen-bond acceptors (Lipinski definition) is 4. The van der Waals surface area contributed by atoms with E-state index in [1.807, 2.05) is 6.07 Å². The molecule has 3 aliphatic rings. The highest BCUT2D eigenvalue weighted by molar-refractivity contribution is 7.87. The second kappa shape index (κ2) is 10.8. The van der Waals surface area contributed by atoms with Crippen LogP contribution in [0.15, 0.2) is 24.3 Å². The molecule has 0 aromatic heterocycles. The molecule has 0 bridgehead atoms. The summed E-state index contributed by atoms with van der Waals surface area (Å²) >= 11 is 0. The minimum atomic E-state index is -3.69. The summed E-state index contributed by atoms with van der Waals surface area (Å²) in [4.78, 5) is 15.4. The molecule has 1 N–H and O–H groups in total. The van der Waals surface area contributed by atoms with E-state index >= 15 is 0 Å². The molecule has 2 saturated heterocycles. The van der Waals surface area contributed by atoms with E-state index in [2.05, 4.69) is 4.72 Å². The molecule has 8 nitrogen and oxygen atoms in total. The van der Waals surface area contributed by atoms with Crippen molar-refractivity contribution in [1.29, 1.82) is 0 Å². The van der Waals surface area contributed by atoms with Crippen LogP contribution in [0, 0.1) is 11.7 Å². The summed E-state index contributed by atoms with van der Waals surface area (Å²) < 4.78 is 75.1. The fourth-order valence-electron chi connectivity index (χ4n) is 5.26. The van der Waals surface area contributed by atoms with Crippen LogP contribution in [0.5, 0.6) is 0 Å². The number of urea groups is 1. The molecule has 36 heavy (non-hydrogen) atoms. The second-order valence-corrected chi connectivity index (χ2v) is 12.3. The van der Waals surface area contributed by atoms with Crippen molar-refractivity contribution in [3.63, 3.8) is 0 Å². The second-order valence-electron chi connectivity index (χ2n) is 10.4. The summed E-state index contributed by atoms with van der Waals surface area (Å²) in [7, 11) is -0.818. The summed E-state index contributed by atoms with van der Waals surface area (Å²) in [6.45, 7) is -0.434. The van der Waals surface area contributed by atoms with Crippen molar-refractivity contribution in [2.45, 2.75) is 56.1 Å². The number of rotatable bonds is 7. The number of alkyl halides is 2. The van der Waals surface area contributed by atoms with Crippen LogP contribution in [0.4, 0.5) is 18.0 Å². The van der Waals surface area contributed by atoms with Gasteiger partial charge in [0.25, 0.3) is 16.1 Å². The zero-order valence-electron chi connectivity index (χ0n) is 20.7. The molecule has 2 aliphatic heterocycles. The number of ether oxygens (including phenoxy) is 1. The normalized spacial score (nSPS) is 28.7. The van der Waals surface area contributed by atoms with E-state index in [0.717, 1.165) is 40.5 Å². The molecule has 12 heteroatoms. The maximum Gasteiger partial charge on any atom is 0.320 e. The maximum absolute atomic E-state index is 13.6. The summed E-state index contributed by atoms with van der Waals surface area (Å²) in [5.74, 6) is -3.13. The highest BCUT2D eigenvalue weighted by Gasteiger charge is 2.48. The highest BCUT2D eigenvalue weighted by atomic mass is 32.2. The molecule has 1 unspecified atom stereocenters. The molecule has 2 heterocycles. The first-order valence-electron chi connectivity index (χ1n) is 12.4. The van der Waals surface area contributed by atoms with Crippen LogP contribution in [0.3, 0.4) is 0 Å². The van der Waals surface area contributed by atoms with Gasteiger partial charge in [-0.3, -0.25) is 0 Å². The number of piperidine rings is 1. The van der Waals surface area contributed by atoms with E-state index in [4.69, 9.17) is 4.74 Å². The Labute approximate surface area is 210 Å². The van der Waals surface area contributed by atoms with E-state index in [9.17, 15) is 26.4 Å². The molecule has 0 radical (unpaired) electrons. The molecule has 0 spiro atoms. The molecule has 2 amide bonds. The van der Waals surface area contributed by atoms with Gasteiger partial charge in [-0.15, -0.1) is 0 Å². The lowest BCUT2D eigenvalue weighted by atomic mass is 9.82. The molecule has 202 valence electrons. The van der Waals surface area contributed by atoms with Crippen LogP contribution >= 0.6 is 0 Å². The lowest BCUT2D eigenvalue weighted by Gasteiger charge is -2.45. The zero-order valence-corrected chi connectivity index (χ0v) is 21.5. The minimum Gasteiger partial charge on any atom is -0.378 e. The predicted octanol–water partition coefficient (Wildman–Crippen LogP) is 3.03. The van der Waals surface area contributed by atoms with Gasteiger partial charge in [0.15, 0.2) is 0 Å². The Morgan fingerprint density at radius 2 is 1.83 bits per heavy atom. The maximum atomic E-state index is 13.6. The van der Waals surface area contributed by atoms with Gasteiger partial charge in [0.05, 0.1) is 25.8 Å². The van der Waals surface area contributed by atoms with Crippen molar-refractivity contribution in [2.75, 3.05) is 46.9 Å². The molecule has 1 aliphatic carbocycles. The number of nitrogens with one attached hydrogen (secondary N) is 1. The van der Waals surface area contributed by atoms with Crippen molar-refractivity contribution in [2.24, 2.45) is 5.92 Å². The smallest absolute Gasteiger partial charge is 0.320 e. The number of nitrogens with zero attached hydrogens (tertiary/aromatic N) is 3. The van der Waals surface area contributed by atoms with Gasteiger partial charge >= 0.3 is 6.03 Å². The number of hydrogen-bond donors (Lipinski definition) is 1. The number of halogens is 3. The topological polar surface area (TPSA) is 82.2 Å². The Morgan fingerprint density at radius 3 is 2.44 bits per heavy atom. The highest BCUT2D eigenvalue weighted by Crippen LogP contribution is 2.35. The van der Waals surface area contributed by atoms with Crippen LogP contribution in [0.1, 0.15) is 43.6 Å². The van der Waals surface area contributed by atoms with Crippen LogP contribution in [-0.4, -0.2) is 93.5 Å². The molecular formula is C24H35F3N4O4S. The third-order valence-electron chi connectivity index (χ3n) is 7.44. The third-order valence-corrected chi connectivity index (χ3v) is 9.00. The van der Waals surface area contributed by atoms with E-state index in [1.54, 1.807) is 12.1 Å². The Hall–Kier alpha value is -1.89. The van der Waals surface area contributed by atoms with Crippen LogP contribution in [0.2, 0.25) is 0 Å². The quantitative estimate of drug-likeness (QED) is 0.586. The average Bonchev–Trinajstić information content (AvgIpc) is 2.81. The molecule has 1 aromatic rings. The number of likely N-dealkylation sites (tertiary alicyclic amines) is 2. The predicted molar refractivity (Wildman–Crippen MR) is 128 cm³/mol. The number of benzene rings is 1. The van der Waals surface area contributed by atoms with Gasteiger partial charge in [-0.05, 0) is 55.7 Å². The minimum absolute atomic E-state index is 0.0129. The Bertz CT molecular complexity index is 1030. The van der Waals surface area contributed by atoms with Crippen molar-refractivity contribution in [1.82, 2.24) is 18.8 Å². The summed E-state index contributed by atoms with van der Waals surface area (Å²) in [5.41, 5.74) is 0.990. The molecular weight excluding hydrogens is 497 g/mol.